The molecule has 0 radical (unpaired) electrons. The average molecular weight is 599 g/mol. The van der Waals surface area contributed by atoms with Crippen molar-refractivity contribution in [1.82, 2.24) is 8.61 Å². The van der Waals surface area contributed by atoms with E-state index in [2.05, 4.69) is 6.58 Å². The number of aryl methyl sites for hydroxylation is 2. The molecule has 220 valence electrons. The van der Waals surface area contributed by atoms with Gasteiger partial charge >= 0.3 is 0 Å². The molecule has 0 bridgehead atoms. The lowest BCUT2D eigenvalue weighted by molar-refractivity contribution is -1.11. The molecule has 8 nitrogen and oxygen atoms in total. The molecule has 1 heterocycles. The Labute approximate surface area is 244 Å². The molecule has 1 fully saturated rings. The summed E-state index contributed by atoms with van der Waals surface area (Å²) < 4.78 is 57.3. The minimum Gasteiger partial charge on any atom is -0.217 e. The topological polar surface area (TPSA) is 95.0 Å². The van der Waals surface area contributed by atoms with Gasteiger partial charge in [0.15, 0.2) is 0 Å². The number of hydrogen-bond acceptors (Lipinski definition) is 5. The Balaban J connectivity index is 1.67. The fourth-order valence-electron chi connectivity index (χ4n) is 5.11. The van der Waals surface area contributed by atoms with Crippen molar-refractivity contribution in [3.8, 4) is 0 Å². The van der Waals surface area contributed by atoms with Gasteiger partial charge in [-0.1, -0.05) is 72.3 Å². The van der Waals surface area contributed by atoms with E-state index in [0.29, 0.717) is 38.0 Å². The first-order valence-electron chi connectivity index (χ1n) is 13.8. The number of rotatable bonds is 6. The highest BCUT2D eigenvalue weighted by molar-refractivity contribution is 7.89. The van der Waals surface area contributed by atoms with Gasteiger partial charge in [-0.15, -0.1) is 0 Å². The van der Waals surface area contributed by atoms with Gasteiger partial charge in [0, 0.05) is 44.6 Å². The average Bonchev–Trinajstić information content (AvgIpc) is 2.92. The van der Waals surface area contributed by atoms with Gasteiger partial charge in [0.1, 0.15) is 19.6 Å². The van der Waals surface area contributed by atoms with E-state index in [-0.39, 0.29) is 40.6 Å². The summed E-state index contributed by atoms with van der Waals surface area (Å²) in [5.41, 5.74) is 3.32. The standard InChI is InChI=1S/C31H40N3O5S2/c1-26-11-15-30(16-12-26)40(36,37)32-19-7-21-34(35,25-29-9-5-4-6-10-29)22-8-20-33(24-28(3)23-32)41(38,39)31-17-13-27(2)14-18-31/h4-6,9-18,35H,3,7-8,19-25H2,1-2H3/q+1. The molecule has 0 aliphatic carbocycles. The lowest BCUT2D eigenvalue weighted by Crippen LogP contribution is -2.48. The second-order valence-electron chi connectivity index (χ2n) is 10.9. The molecule has 0 saturated carbocycles. The van der Waals surface area contributed by atoms with E-state index in [1.165, 1.54) is 8.61 Å². The van der Waals surface area contributed by atoms with Crippen LogP contribution in [0, 0.1) is 13.8 Å². The van der Waals surface area contributed by atoms with Gasteiger partial charge in [0.2, 0.25) is 20.0 Å². The van der Waals surface area contributed by atoms with Crippen molar-refractivity contribution in [1.29, 1.82) is 0 Å². The second kappa shape index (κ2) is 13.0. The van der Waals surface area contributed by atoms with Gasteiger partial charge in [-0.25, -0.2) is 22.0 Å². The first-order valence-corrected chi connectivity index (χ1v) is 16.7. The summed E-state index contributed by atoms with van der Waals surface area (Å²) in [6.07, 6.45) is 0.847. The summed E-state index contributed by atoms with van der Waals surface area (Å²) in [6, 6.07) is 23.0. The highest BCUT2D eigenvalue weighted by Gasteiger charge is 2.33. The third-order valence-corrected chi connectivity index (χ3v) is 11.1. The van der Waals surface area contributed by atoms with Gasteiger partial charge in [0.25, 0.3) is 0 Å². The number of benzene rings is 3. The number of sulfonamides is 2. The quantitative estimate of drug-likeness (QED) is 0.327. The minimum atomic E-state index is -3.89. The van der Waals surface area contributed by atoms with E-state index in [1.54, 1.807) is 48.5 Å². The van der Waals surface area contributed by atoms with Crippen molar-refractivity contribution in [2.24, 2.45) is 0 Å². The van der Waals surface area contributed by atoms with Crippen LogP contribution in [0.5, 0.6) is 0 Å². The zero-order valence-electron chi connectivity index (χ0n) is 23.8. The van der Waals surface area contributed by atoms with Crippen LogP contribution in [0.3, 0.4) is 0 Å². The van der Waals surface area contributed by atoms with E-state index in [0.717, 1.165) is 16.7 Å². The number of nitrogens with zero attached hydrogens (tertiary/aromatic N) is 3. The maximum absolute atomic E-state index is 13.7. The Morgan fingerprint density at radius 3 is 1.54 bits per heavy atom. The van der Waals surface area contributed by atoms with Crippen LogP contribution in [0.4, 0.5) is 0 Å². The lowest BCUT2D eigenvalue weighted by atomic mass is 10.2. The molecule has 1 saturated heterocycles. The maximum atomic E-state index is 13.7. The number of quaternary nitrogens is 1. The molecule has 0 aromatic heterocycles. The van der Waals surface area contributed by atoms with Crippen LogP contribution in [-0.4, -0.2) is 74.6 Å². The predicted octanol–water partition coefficient (Wildman–Crippen LogP) is 4.74. The number of hydrogen-bond donors (Lipinski definition) is 1. The predicted molar refractivity (Wildman–Crippen MR) is 160 cm³/mol. The van der Waals surface area contributed by atoms with Gasteiger partial charge in [0.05, 0.1) is 9.79 Å². The molecule has 4 rings (SSSR count). The summed E-state index contributed by atoms with van der Waals surface area (Å²) in [4.78, 5) is 0.335. The Morgan fingerprint density at radius 1 is 0.707 bits per heavy atom. The maximum Gasteiger partial charge on any atom is 0.243 e. The Morgan fingerprint density at radius 2 is 1.12 bits per heavy atom. The van der Waals surface area contributed by atoms with Crippen molar-refractivity contribution in [3.63, 3.8) is 0 Å². The van der Waals surface area contributed by atoms with Crippen LogP contribution in [0.15, 0.2) is 101 Å². The molecule has 0 unspecified atom stereocenters. The van der Waals surface area contributed by atoms with Gasteiger partial charge < -0.3 is 0 Å². The first-order chi connectivity index (χ1) is 19.4. The lowest BCUT2D eigenvalue weighted by Gasteiger charge is -2.34. The molecule has 1 aliphatic heterocycles. The SMILES string of the molecule is C=C1CN(S(=O)(=O)c2ccc(C)cc2)CCC[N+](O)(Cc2ccccc2)CCCN(S(=O)(=O)c2ccc(C)cc2)C1. The van der Waals surface area contributed by atoms with Gasteiger partial charge in [-0.2, -0.15) is 13.3 Å². The Hall–Kier alpha value is -2.86. The third kappa shape index (κ3) is 7.91. The normalized spacial score (nSPS) is 18.4. The molecular weight excluding hydrogens is 558 g/mol. The molecule has 1 aliphatic rings. The summed E-state index contributed by atoms with van der Waals surface area (Å²) in [6.45, 7) is 9.12. The second-order valence-corrected chi connectivity index (χ2v) is 14.8. The van der Waals surface area contributed by atoms with Crippen molar-refractivity contribution in [2.75, 3.05) is 39.3 Å². The molecule has 0 amide bonds. The van der Waals surface area contributed by atoms with Crippen LogP contribution in [0.1, 0.15) is 29.5 Å². The molecule has 3 aromatic carbocycles. The molecule has 41 heavy (non-hydrogen) atoms. The highest BCUT2D eigenvalue weighted by Crippen LogP contribution is 2.23. The van der Waals surface area contributed by atoms with Crippen molar-refractivity contribution in [3.05, 3.63) is 108 Å². The summed E-state index contributed by atoms with van der Waals surface area (Å²) in [7, 11) is -7.78. The van der Waals surface area contributed by atoms with E-state index >= 15 is 0 Å². The van der Waals surface area contributed by atoms with E-state index in [1.807, 2.05) is 44.2 Å². The molecule has 10 heteroatoms. The Kier molecular flexibility index (Phi) is 9.84. The first kappa shape index (κ1) is 31.1. The van der Waals surface area contributed by atoms with Crippen molar-refractivity contribution in [2.45, 2.75) is 43.0 Å². The Bertz CT molecular complexity index is 1450. The van der Waals surface area contributed by atoms with Gasteiger partial charge in [-0.3, -0.25) is 0 Å². The highest BCUT2D eigenvalue weighted by atomic mass is 32.2. The van der Waals surface area contributed by atoms with Crippen LogP contribution >= 0.6 is 0 Å². The number of hydroxylamine groups is 3. The van der Waals surface area contributed by atoms with Crippen molar-refractivity contribution >= 4 is 20.0 Å². The monoisotopic (exact) mass is 598 g/mol. The van der Waals surface area contributed by atoms with E-state index in [9.17, 15) is 22.0 Å². The summed E-state index contributed by atoms with van der Waals surface area (Å²) >= 11 is 0. The van der Waals surface area contributed by atoms with Crippen LogP contribution in [0.2, 0.25) is 0 Å². The molecule has 3 aromatic rings. The smallest absolute Gasteiger partial charge is 0.217 e. The molecule has 0 spiro atoms. The molecule has 1 N–H and O–H groups in total. The zero-order chi connectivity index (χ0) is 29.7. The van der Waals surface area contributed by atoms with E-state index in [4.69, 9.17) is 0 Å². The zero-order valence-corrected chi connectivity index (χ0v) is 25.4. The summed E-state index contributed by atoms with van der Waals surface area (Å²) in [5.74, 6) is 0. The fourth-order valence-corrected chi connectivity index (χ4v) is 8.11. The van der Waals surface area contributed by atoms with Crippen LogP contribution < -0.4 is 0 Å². The molecular formula is C31H40N3O5S2+. The van der Waals surface area contributed by atoms with Crippen LogP contribution in [0.25, 0.3) is 0 Å². The van der Waals surface area contributed by atoms with Crippen LogP contribution in [-0.2, 0) is 26.6 Å². The minimum absolute atomic E-state index is 0.0275. The largest absolute Gasteiger partial charge is 0.243 e. The third-order valence-electron chi connectivity index (χ3n) is 7.40. The van der Waals surface area contributed by atoms with E-state index < -0.39 is 20.0 Å². The van der Waals surface area contributed by atoms with Gasteiger partial charge in [-0.05, 0) is 43.7 Å². The summed E-state index contributed by atoms with van der Waals surface area (Å²) in [5, 5.41) is 11.7. The van der Waals surface area contributed by atoms with Crippen molar-refractivity contribution < 1.29 is 26.7 Å². The molecule has 0 atom stereocenters. The fraction of sp³-hybridized carbons (Fsp3) is 0.355.